The van der Waals surface area contributed by atoms with E-state index in [0.29, 0.717) is 13.1 Å². The zero-order valence-corrected chi connectivity index (χ0v) is 11.7. The van der Waals surface area contributed by atoms with Crippen LogP contribution in [0.15, 0.2) is 18.2 Å². The van der Waals surface area contributed by atoms with Crippen LogP contribution < -0.4 is 11.1 Å². The van der Waals surface area contributed by atoms with Crippen molar-refractivity contribution in [2.75, 3.05) is 25.5 Å². The number of nitrogens with zero attached hydrogens (tertiary/aromatic N) is 1. The number of rotatable bonds is 5. The summed E-state index contributed by atoms with van der Waals surface area (Å²) in [5.41, 5.74) is 8.77. The number of hydrogen-bond donors (Lipinski definition) is 2. The highest BCUT2D eigenvalue weighted by Gasteiger charge is 2.10. The lowest BCUT2D eigenvalue weighted by Gasteiger charge is -2.19. The van der Waals surface area contributed by atoms with Crippen LogP contribution in [0, 0.1) is 13.8 Å². The third kappa shape index (κ3) is 4.47. The van der Waals surface area contributed by atoms with Gasteiger partial charge in [0, 0.05) is 18.3 Å². The number of benzene rings is 1. The summed E-state index contributed by atoms with van der Waals surface area (Å²) in [6.07, 6.45) is 0. The van der Waals surface area contributed by atoms with Gasteiger partial charge in [-0.25, -0.2) is 0 Å². The van der Waals surface area contributed by atoms with Crippen molar-refractivity contribution in [3.05, 3.63) is 29.3 Å². The van der Waals surface area contributed by atoms with Crippen molar-refractivity contribution in [3.63, 3.8) is 0 Å². The van der Waals surface area contributed by atoms with E-state index in [9.17, 15) is 4.79 Å². The van der Waals surface area contributed by atoms with Crippen molar-refractivity contribution in [1.29, 1.82) is 0 Å². The molecule has 100 valence electrons. The Morgan fingerprint density at radius 3 is 2.44 bits per heavy atom. The molecule has 1 aromatic carbocycles. The topological polar surface area (TPSA) is 58.4 Å². The molecule has 0 aliphatic heterocycles. The average molecular weight is 249 g/mol. The summed E-state index contributed by atoms with van der Waals surface area (Å²) in [6, 6.07) is 6.05. The first-order valence-electron chi connectivity index (χ1n) is 6.20. The lowest BCUT2D eigenvalue weighted by Crippen LogP contribution is -2.37. The van der Waals surface area contributed by atoms with Crippen molar-refractivity contribution in [3.8, 4) is 0 Å². The van der Waals surface area contributed by atoms with Gasteiger partial charge in [0.15, 0.2) is 0 Å². The molecule has 0 aliphatic carbocycles. The molecule has 0 bridgehead atoms. The van der Waals surface area contributed by atoms with Crippen LogP contribution in [0.4, 0.5) is 5.69 Å². The van der Waals surface area contributed by atoms with Crippen molar-refractivity contribution in [1.82, 2.24) is 4.90 Å². The molecule has 1 amide bonds. The molecule has 0 fully saturated rings. The van der Waals surface area contributed by atoms with Crippen molar-refractivity contribution in [2.24, 2.45) is 5.73 Å². The fraction of sp³-hybridized carbons (Fsp3) is 0.500. The molecule has 18 heavy (non-hydrogen) atoms. The Bertz CT molecular complexity index is 395. The van der Waals surface area contributed by atoms with Gasteiger partial charge in [0.05, 0.1) is 6.54 Å². The number of nitrogens with one attached hydrogen (secondary N) is 1. The van der Waals surface area contributed by atoms with Gasteiger partial charge in [-0.15, -0.1) is 0 Å². The number of hydrogen-bond acceptors (Lipinski definition) is 3. The van der Waals surface area contributed by atoms with Crippen molar-refractivity contribution in [2.45, 2.75) is 26.8 Å². The van der Waals surface area contributed by atoms with E-state index in [-0.39, 0.29) is 11.9 Å². The summed E-state index contributed by atoms with van der Waals surface area (Å²) in [7, 11) is 1.90. The van der Waals surface area contributed by atoms with Gasteiger partial charge in [-0.05, 0) is 38.9 Å². The van der Waals surface area contributed by atoms with Gasteiger partial charge in [-0.1, -0.05) is 18.2 Å². The van der Waals surface area contributed by atoms with Gasteiger partial charge in [-0.3, -0.25) is 9.69 Å². The summed E-state index contributed by atoms with van der Waals surface area (Å²) < 4.78 is 0. The highest BCUT2D eigenvalue weighted by Crippen LogP contribution is 2.19. The number of likely N-dealkylation sites (N-methyl/N-ethyl adjacent to an activating group) is 1. The summed E-state index contributed by atoms with van der Waals surface area (Å²) in [6.45, 7) is 6.98. The number of anilines is 1. The summed E-state index contributed by atoms with van der Waals surface area (Å²) in [4.78, 5) is 13.8. The molecule has 0 radical (unpaired) electrons. The monoisotopic (exact) mass is 249 g/mol. The molecule has 3 N–H and O–H groups in total. The predicted octanol–water partition coefficient (Wildman–Crippen LogP) is 1.52. The minimum absolute atomic E-state index is 0.00412. The zero-order valence-electron chi connectivity index (χ0n) is 11.7. The van der Waals surface area contributed by atoms with E-state index in [1.807, 2.05) is 50.9 Å². The number of carbonyl (C=O) groups is 1. The van der Waals surface area contributed by atoms with Crippen molar-refractivity contribution >= 4 is 11.6 Å². The molecule has 1 unspecified atom stereocenters. The molecule has 4 heteroatoms. The van der Waals surface area contributed by atoms with E-state index >= 15 is 0 Å². The maximum Gasteiger partial charge on any atom is 0.238 e. The number of aryl methyl sites for hydroxylation is 2. The normalized spacial score (nSPS) is 12.6. The molecule has 1 aromatic rings. The standard InChI is InChI=1S/C14H23N3O/c1-10-6-5-7-11(2)14(10)16-13(18)9-17(4)8-12(3)15/h5-7,12H,8-9,15H2,1-4H3,(H,16,18). The Morgan fingerprint density at radius 2 is 1.94 bits per heavy atom. The smallest absolute Gasteiger partial charge is 0.238 e. The second-order valence-electron chi connectivity index (χ2n) is 4.99. The van der Waals surface area contributed by atoms with Crippen molar-refractivity contribution < 1.29 is 4.79 Å². The molecular formula is C14H23N3O. The molecule has 1 atom stereocenters. The second kappa shape index (κ2) is 6.52. The Hall–Kier alpha value is -1.39. The lowest BCUT2D eigenvalue weighted by atomic mass is 10.1. The summed E-state index contributed by atoms with van der Waals surface area (Å²) in [5, 5.41) is 2.96. The van der Waals surface area contributed by atoms with E-state index in [1.165, 1.54) is 0 Å². The molecule has 1 rings (SSSR count). The molecule has 4 nitrogen and oxygen atoms in total. The highest BCUT2D eigenvalue weighted by atomic mass is 16.2. The van der Waals surface area contributed by atoms with Gasteiger partial charge in [0.25, 0.3) is 0 Å². The maximum atomic E-state index is 11.9. The first-order chi connectivity index (χ1) is 8.40. The van der Waals surface area contributed by atoms with Crippen LogP contribution in [0.2, 0.25) is 0 Å². The third-order valence-electron chi connectivity index (χ3n) is 2.76. The Balaban J connectivity index is 2.60. The number of para-hydroxylation sites is 1. The van der Waals surface area contributed by atoms with Gasteiger partial charge in [0.1, 0.15) is 0 Å². The highest BCUT2D eigenvalue weighted by molar-refractivity contribution is 5.93. The molecule has 0 heterocycles. The zero-order chi connectivity index (χ0) is 13.7. The average Bonchev–Trinajstić information content (AvgIpc) is 2.22. The van der Waals surface area contributed by atoms with Crippen LogP contribution in [-0.4, -0.2) is 37.0 Å². The molecule has 0 saturated heterocycles. The van der Waals surface area contributed by atoms with Crippen LogP contribution in [0.3, 0.4) is 0 Å². The minimum atomic E-state index is -0.00412. The molecule has 0 aliphatic rings. The number of carbonyl (C=O) groups excluding carboxylic acids is 1. The third-order valence-corrected chi connectivity index (χ3v) is 2.76. The predicted molar refractivity (Wildman–Crippen MR) is 75.7 cm³/mol. The fourth-order valence-electron chi connectivity index (χ4n) is 1.99. The van der Waals surface area contributed by atoms with Gasteiger partial charge in [-0.2, -0.15) is 0 Å². The van der Waals surface area contributed by atoms with E-state index in [4.69, 9.17) is 5.73 Å². The quantitative estimate of drug-likeness (QED) is 0.832. The number of nitrogens with two attached hydrogens (primary N) is 1. The SMILES string of the molecule is Cc1cccc(C)c1NC(=O)CN(C)CC(C)N. The van der Waals surface area contributed by atoms with Crippen LogP contribution in [-0.2, 0) is 4.79 Å². The molecule has 0 aromatic heterocycles. The van der Waals surface area contributed by atoms with Crippen LogP contribution in [0.25, 0.3) is 0 Å². The first-order valence-corrected chi connectivity index (χ1v) is 6.20. The lowest BCUT2D eigenvalue weighted by molar-refractivity contribution is -0.117. The Morgan fingerprint density at radius 1 is 1.39 bits per heavy atom. The van der Waals surface area contributed by atoms with E-state index in [0.717, 1.165) is 16.8 Å². The first kappa shape index (κ1) is 14.7. The number of amides is 1. The molecular weight excluding hydrogens is 226 g/mol. The van der Waals surface area contributed by atoms with Gasteiger partial charge in [0.2, 0.25) is 5.91 Å². The van der Waals surface area contributed by atoms with Crippen LogP contribution >= 0.6 is 0 Å². The summed E-state index contributed by atoms with van der Waals surface area (Å²) >= 11 is 0. The van der Waals surface area contributed by atoms with Crippen LogP contribution in [0.5, 0.6) is 0 Å². The van der Waals surface area contributed by atoms with Gasteiger partial charge >= 0.3 is 0 Å². The Labute approximate surface area is 109 Å². The van der Waals surface area contributed by atoms with Gasteiger partial charge < -0.3 is 11.1 Å². The minimum Gasteiger partial charge on any atom is -0.327 e. The van der Waals surface area contributed by atoms with E-state index in [2.05, 4.69) is 5.32 Å². The maximum absolute atomic E-state index is 11.9. The largest absolute Gasteiger partial charge is 0.327 e. The fourth-order valence-corrected chi connectivity index (χ4v) is 1.99. The molecule has 0 saturated carbocycles. The summed E-state index contributed by atoms with van der Waals surface area (Å²) in [5.74, 6) is -0.00412. The Kier molecular flexibility index (Phi) is 5.31. The van der Waals surface area contributed by atoms with E-state index < -0.39 is 0 Å². The molecule has 0 spiro atoms. The second-order valence-corrected chi connectivity index (χ2v) is 4.99. The van der Waals surface area contributed by atoms with E-state index in [1.54, 1.807) is 0 Å². The van der Waals surface area contributed by atoms with Crippen LogP contribution in [0.1, 0.15) is 18.1 Å².